The molecule has 1 aliphatic heterocycles. The molecule has 0 saturated heterocycles. The second-order valence-electron chi connectivity index (χ2n) is 7.56. The van der Waals surface area contributed by atoms with Crippen molar-refractivity contribution in [3.8, 4) is 11.5 Å². The van der Waals surface area contributed by atoms with Crippen LogP contribution in [-0.2, 0) is 4.79 Å². The number of amides is 2. The Balaban J connectivity index is 1.49. The van der Waals surface area contributed by atoms with E-state index in [1.165, 1.54) is 25.7 Å². The third-order valence-electron chi connectivity index (χ3n) is 5.64. The smallest absolute Gasteiger partial charge is 0.251 e. The number of carbonyl (C=O) groups is 2. The Morgan fingerprint density at radius 2 is 1.74 bits per heavy atom. The Labute approximate surface area is 160 Å². The largest absolute Gasteiger partial charge is 0.454 e. The SMILES string of the molecule is CN(C)C1(CNC(=O)CNC(=O)c2ccc3c(c2)OCO3)CCCCCC1. The van der Waals surface area contributed by atoms with Crippen LogP contribution in [0, 0.1) is 0 Å². The molecule has 3 rings (SSSR count). The molecular weight excluding hydrogens is 346 g/mol. The number of nitrogens with one attached hydrogen (secondary N) is 2. The average Bonchev–Trinajstić information content (AvgIpc) is 3.00. The van der Waals surface area contributed by atoms with E-state index in [2.05, 4.69) is 29.6 Å². The van der Waals surface area contributed by atoms with Crippen molar-refractivity contribution in [1.29, 1.82) is 0 Å². The van der Waals surface area contributed by atoms with Crippen LogP contribution in [0.3, 0.4) is 0 Å². The first kappa shape index (κ1) is 19.5. The zero-order valence-electron chi connectivity index (χ0n) is 16.2. The van der Waals surface area contributed by atoms with Gasteiger partial charge in [-0.15, -0.1) is 0 Å². The lowest BCUT2D eigenvalue weighted by molar-refractivity contribution is -0.120. The van der Waals surface area contributed by atoms with Gasteiger partial charge in [0.05, 0.1) is 6.54 Å². The van der Waals surface area contributed by atoms with Crippen LogP contribution in [0.5, 0.6) is 11.5 Å². The van der Waals surface area contributed by atoms with E-state index in [9.17, 15) is 9.59 Å². The number of ether oxygens (including phenoxy) is 2. The van der Waals surface area contributed by atoms with Crippen molar-refractivity contribution in [2.45, 2.75) is 44.1 Å². The van der Waals surface area contributed by atoms with Crippen molar-refractivity contribution in [2.75, 3.05) is 34.0 Å². The molecule has 2 amide bonds. The van der Waals surface area contributed by atoms with Gasteiger partial charge in [-0.05, 0) is 45.1 Å². The minimum Gasteiger partial charge on any atom is -0.454 e. The number of hydrogen-bond donors (Lipinski definition) is 2. The van der Waals surface area contributed by atoms with E-state index in [0.29, 0.717) is 23.6 Å². The average molecular weight is 375 g/mol. The molecule has 0 atom stereocenters. The highest BCUT2D eigenvalue weighted by Crippen LogP contribution is 2.32. The van der Waals surface area contributed by atoms with Crippen molar-refractivity contribution in [3.63, 3.8) is 0 Å². The molecule has 1 aromatic rings. The van der Waals surface area contributed by atoms with Crippen LogP contribution in [-0.4, -0.2) is 56.2 Å². The lowest BCUT2D eigenvalue weighted by Gasteiger charge is -2.39. The van der Waals surface area contributed by atoms with Crippen LogP contribution in [0.2, 0.25) is 0 Å². The molecule has 0 radical (unpaired) electrons. The molecule has 7 nitrogen and oxygen atoms in total. The van der Waals surface area contributed by atoms with Gasteiger partial charge >= 0.3 is 0 Å². The van der Waals surface area contributed by atoms with Crippen molar-refractivity contribution in [1.82, 2.24) is 15.5 Å². The molecule has 0 aromatic heterocycles. The maximum atomic E-state index is 12.3. The van der Waals surface area contributed by atoms with Crippen LogP contribution < -0.4 is 20.1 Å². The normalized spacial score (nSPS) is 18.0. The van der Waals surface area contributed by atoms with Crippen LogP contribution in [0.1, 0.15) is 48.9 Å². The fourth-order valence-corrected chi connectivity index (χ4v) is 3.79. The molecule has 2 aliphatic rings. The van der Waals surface area contributed by atoms with Crippen molar-refractivity contribution in [2.24, 2.45) is 0 Å². The molecule has 148 valence electrons. The van der Waals surface area contributed by atoms with Gasteiger partial charge in [0.1, 0.15) is 0 Å². The highest BCUT2D eigenvalue weighted by molar-refractivity contribution is 5.97. The summed E-state index contributed by atoms with van der Waals surface area (Å²) in [5.74, 6) is 0.699. The van der Waals surface area contributed by atoms with Gasteiger partial charge in [-0.25, -0.2) is 0 Å². The monoisotopic (exact) mass is 375 g/mol. The lowest BCUT2D eigenvalue weighted by Crippen LogP contribution is -2.53. The molecule has 0 spiro atoms. The molecule has 2 N–H and O–H groups in total. The predicted molar refractivity (Wildman–Crippen MR) is 102 cm³/mol. The summed E-state index contributed by atoms with van der Waals surface area (Å²) in [7, 11) is 4.16. The van der Waals surface area contributed by atoms with E-state index in [1.54, 1.807) is 18.2 Å². The van der Waals surface area contributed by atoms with E-state index in [4.69, 9.17) is 9.47 Å². The van der Waals surface area contributed by atoms with Gasteiger partial charge in [0.2, 0.25) is 12.7 Å². The highest BCUT2D eigenvalue weighted by atomic mass is 16.7. The summed E-state index contributed by atoms with van der Waals surface area (Å²) in [5.41, 5.74) is 0.452. The van der Waals surface area contributed by atoms with Gasteiger partial charge in [-0.1, -0.05) is 25.7 Å². The molecule has 7 heteroatoms. The van der Waals surface area contributed by atoms with E-state index in [0.717, 1.165) is 12.8 Å². The van der Waals surface area contributed by atoms with Crippen LogP contribution in [0.15, 0.2) is 18.2 Å². The number of benzene rings is 1. The molecule has 1 aromatic carbocycles. The summed E-state index contributed by atoms with van der Waals surface area (Å²) in [5, 5.41) is 5.68. The zero-order valence-corrected chi connectivity index (χ0v) is 16.2. The van der Waals surface area contributed by atoms with Gasteiger partial charge in [0, 0.05) is 17.6 Å². The molecule has 1 fully saturated rings. The number of nitrogens with zero attached hydrogens (tertiary/aromatic N) is 1. The molecule has 27 heavy (non-hydrogen) atoms. The first-order valence-corrected chi connectivity index (χ1v) is 9.62. The minimum atomic E-state index is -0.305. The third kappa shape index (κ3) is 4.71. The molecule has 0 unspecified atom stereocenters. The second kappa shape index (κ2) is 8.61. The number of fused-ring (bicyclic) bond motifs is 1. The maximum absolute atomic E-state index is 12.3. The maximum Gasteiger partial charge on any atom is 0.251 e. The standard InChI is InChI=1S/C20H29N3O4/c1-23(2)20(9-5-3-4-6-10-20)13-22-18(24)12-21-19(25)15-7-8-16-17(11-15)27-14-26-16/h7-8,11H,3-6,9-10,12-14H2,1-2H3,(H,21,25)(H,22,24). The Bertz CT molecular complexity index is 682. The quantitative estimate of drug-likeness (QED) is 0.743. The number of hydrogen-bond acceptors (Lipinski definition) is 5. The zero-order chi connectivity index (χ0) is 19.3. The molecule has 1 saturated carbocycles. The Morgan fingerprint density at radius 3 is 2.44 bits per heavy atom. The van der Waals surface area contributed by atoms with Crippen LogP contribution in [0.4, 0.5) is 0 Å². The number of rotatable bonds is 6. The van der Waals surface area contributed by atoms with Gasteiger partial charge in [0.15, 0.2) is 11.5 Å². The third-order valence-corrected chi connectivity index (χ3v) is 5.64. The molecule has 1 heterocycles. The summed E-state index contributed by atoms with van der Waals surface area (Å²) < 4.78 is 10.5. The van der Waals surface area contributed by atoms with Gasteiger partial charge < -0.3 is 25.0 Å². The fourth-order valence-electron chi connectivity index (χ4n) is 3.79. The summed E-state index contributed by atoms with van der Waals surface area (Å²) in [6.07, 6.45) is 7.07. The van der Waals surface area contributed by atoms with Crippen molar-refractivity contribution in [3.05, 3.63) is 23.8 Å². The number of carbonyl (C=O) groups excluding carboxylic acids is 2. The molecule has 0 bridgehead atoms. The van der Waals surface area contributed by atoms with E-state index in [1.807, 2.05) is 0 Å². The summed E-state index contributed by atoms with van der Waals surface area (Å²) >= 11 is 0. The highest BCUT2D eigenvalue weighted by Gasteiger charge is 2.33. The fraction of sp³-hybridized carbons (Fsp3) is 0.600. The van der Waals surface area contributed by atoms with E-state index >= 15 is 0 Å². The summed E-state index contributed by atoms with van der Waals surface area (Å²) in [6, 6.07) is 4.99. The summed E-state index contributed by atoms with van der Waals surface area (Å²) in [4.78, 5) is 26.8. The number of likely N-dealkylation sites (N-methyl/N-ethyl adjacent to an activating group) is 1. The Hall–Kier alpha value is -2.28. The lowest BCUT2D eigenvalue weighted by atomic mass is 9.88. The summed E-state index contributed by atoms with van der Waals surface area (Å²) in [6.45, 7) is 0.728. The second-order valence-corrected chi connectivity index (χ2v) is 7.56. The van der Waals surface area contributed by atoms with Crippen LogP contribution >= 0.6 is 0 Å². The topological polar surface area (TPSA) is 79.9 Å². The molecule has 1 aliphatic carbocycles. The van der Waals surface area contributed by atoms with Crippen LogP contribution in [0.25, 0.3) is 0 Å². The van der Waals surface area contributed by atoms with E-state index in [-0.39, 0.29) is 30.7 Å². The predicted octanol–water partition coefficient (Wildman–Crippen LogP) is 1.92. The van der Waals surface area contributed by atoms with Crippen molar-refractivity contribution >= 4 is 11.8 Å². The van der Waals surface area contributed by atoms with Gasteiger partial charge in [0.25, 0.3) is 5.91 Å². The first-order valence-electron chi connectivity index (χ1n) is 9.62. The Kier molecular flexibility index (Phi) is 6.21. The van der Waals surface area contributed by atoms with Gasteiger partial charge in [-0.3, -0.25) is 9.59 Å². The minimum absolute atomic E-state index is 0.00743. The van der Waals surface area contributed by atoms with Gasteiger partial charge in [-0.2, -0.15) is 0 Å². The Morgan fingerprint density at radius 1 is 1.04 bits per heavy atom. The van der Waals surface area contributed by atoms with Crippen molar-refractivity contribution < 1.29 is 19.1 Å². The first-order chi connectivity index (χ1) is 13.0. The van der Waals surface area contributed by atoms with E-state index < -0.39 is 0 Å². The molecular formula is C20H29N3O4.